The molecule has 0 radical (unpaired) electrons. The number of anilines is 2. The fraction of sp³-hybridized carbons (Fsp3) is 0.300. The summed E-state index contributed by atoms with van der Waals surface area (Å²) in [4.78, 5) is 30.3. The zero-order valence-electron chi connectivity index (χ0n) is 16.0. The molecule has 152 valence electrons. The smallest absolute Gasteiger partial charge is 0.293 e. The van der Waals surface area contributed by atoms with E-state index in [1.54, 1.807) is 31.2 Å². The molecule has 1 N–H and O–H groups in total. The third kappa shape index (κ3) is 5.52. The van der Waals surface area contributed by atoms with Gasteiger partial charge in [0.15, 0.2) is 0 Å². The highest BCUT2D eigenvalue weighted by molar-refractivity contribution is 5.94. The predicted molar refractivity (Wildman–Crippen MR) is 109 cm³/mol. The molecule has 1 atom stereocenters. The topological polar surface area (TPSA) is 106 Å². The molecule has 9 nitrogen and oxygen atoms in total. The van der Waals surface area contributed by atoms with Crippen molar-refractivity contribution < 1.29 is 19.3 Å². The number of morpholine rings is 1. The Hall–Kier alpha value is -3.46. The molecule has 29 heavy (non-hydrogen) atoms. The van der Waals surface area contributed by atoms with Crippen molar-refractivity contribution in [3.8, 4) is 0 Å². The van der Waals surface area contributed by atoms with E-state index in [0.717, 1.165) is 0 Å². The number of nitro groups is 1. The van der Waals surface area contributed by atoms with Crippen molar-refractivity contribution in [2.45, 2.75) is 13.0 Å². The van der Waals surface area contributed by atoms with Gasteiger partial charge in [-0.3, -0.25) is 14.9 Å². The average Bonchev–Trinajstić information content (AvgIpc) is 2.75. The van der Waals surface area contributed by atoms with E-state index in [4.69, 9.17) is 9.57 Å². The van der Waals surface area contributed by atoms with Crippen molar-refractivity contribution in [3.05, 3.63) is 64.2 Å². The van der Waals surface area contributed by atoms with Gasteiger partial charge in [-0.2, -0.15) is 0 Å². The molecule has 1 aliphatic rings. The second-order valence-electron chi connectivity index (χ2n) is 6.44. The molecule has 1 heterocycles. The highest BCUT2D eigenvalue weighted by atomic mass is 16.6. The molecule has 3 rings (SSSR count). The number of nitrogens with zero attached hydrogens (tertiary/aromatic N) is 3. The summed E-state index contributed by atoms with van der Waals surface area (Å²) in [5.74, 6) is -0.345. The van der Waals surface area contributed by atoms with Gasteiger partial charge < -0.3 is 19.8 Å². The van der Waals surface area contributed by atoms with Crippen LogP contribution < -0.4 is 10.2 Å². The Bertz CT molecular complexity index is 882. The standard InChI is InChI=1S/C20H22N4O5/c1-15(20(25)22-17-5-3-2-4-6-17)29-21-14-16-7-8-18(19(13-16)24(26)27)23-9-11-28-12-10-23/h2-8,13-15H,9-12H2,1H3,(H,22,25)/b21-14-/t15-/m0/s1. The number of oxime groups is 1. The maximum absolute atomic E-state index is 12.1. The fourth-order valence-corrected chi connectivity index (χ4v) is 2.83. The van der Waals surface area contributed by atoms with Crippen LogP contribution >= 0.6 is 0 Å². The number of carbonyl (C=O) groups excluding carboxylic acids is 1. The van der Waals surface area contributed by atoms with E-state index in [-0.39, 0.29) is 11.6 Å². The minimum absolute atomic E-state index is 0.00859. The van der Waals surface area contributed by atoms with Gasteiger partial charge in [-0.1, -0.05) is 29.4 Å². The van der Waals surface area contributed by atoms with Gasteiger partial charge in [0.1, 0.15) is 5.69 Å². The van der Waals surface area contributed by atoms with Crippen LogP contribution in [0.15, 0.2) is 53.7 Å². The molecule has 2 aromatic rings. The van der Waals surface area contributed by atoms with E-state index in [0.29, 0.717) is 43.2 Å². The molecule has 1 fully saturated rings. The molecule has 1 aliphatic heterocycles. The van der Waals surface area contributed by atoms with Crippen LogP contribution in [0.2, 0.25) is 0 Å². The van der Waals surface area contributed by atoms with Gasteiger partial charge in [-0.05, 0) is 25.1 Å². The maximum Gasteiger partial charge on any atom is 0.293 e. The molecule has 1 saturated heterocycles. The Morgan fingerprint density at radius 3 is 2.69 bits per heavy atom. The van der Waals surface area contributed by atoms with Crippen LogP contribution in [-0.2, 0) is 14.4 Å². The lowest BCUT2D eigenvalue weighted by atomic mass is 10.1. The molecule has 0 bridgehead atoms. The molecule has 0 aliphatic carbocycles. The molecule has 2 aromatic carbocycles. The minimum atomic E-state index is -0.825. The number of hydrogen-bond acceptors (Lipinski definition) is 7. The summed E-state index contributed by atoms with van der Waals surface area (Å²) in [5.41, 5.74) is 1.70. The Labute approximate surface area is 168 Å². The van der Waals surface area contributed by atoms with Crippen molar-refractivity contribution in [2.75, 3.05) is 36.5 Å². The molecular weight excluding hydrogens is 376 g/mol. The van der Waals surface area contributed by atoms with Gasteiger partial charge in [0.25, 0.3) is 11.6 Å². The highest BCUT2D eigenvalue weighted by Crippen LogP contribution is 2.29. The third-order valence-corrected chi connectivity index (χ3v) is 4.38. The molecule has 0 unspecified atom stereocenters. The summed E-state index contributed by atoms with van der Waals surface area (Å²) < 4.78 is 5.30. The first-order chi connectivity index (χ1) is 14.0. The van der Waals surface area contributed by atoms with Crippen molar-refractivity contribution >= 4 is 29.2 Å². The van der Waals surface area contributed by atoms with E-state index in [1.165, 1.54) is 12.3 Å². The van der Waals surface area contributed by atoms with Gasteiger partial charge in [0.2, 0.25) is 6.10 Å². The molecule has 9 heteroatoms. The number of nitro benzene ring substituents is 1. The first kappa shape index (κ1) is 20.3. The van der Waals surface area contributed by atoms with E-state index >= 15 is 0 Å². The van der Waals surface area contributed by atoms with Gasteiger partial charge in [-0.25, -0.2) is 0 Å². The Morgan fingerprint density at radius 2 is 2.00 bits per heavy atom. The molecular formula is C20H22N4O5. The second-order valence-corrected chi connectivity index (χ2v) is 6.44. The van der Waals surface area contributed by atoms with Gasteiger partial charge in [-0.15, -0.1) is 0 Å². The van der Waals surface area contributed by atoms with Crippen molar-refractivity contribution in [1.82, 2.24) is 0 Å². The lowest BCUT2D eigenvalue weighted by Crippen LogP contribution is -2.36. The molecule has 0 spiro atoms. The summed E-state index contributed by atoms with van der Waals surface area (Å²) in [6.07, 6.45) is 0.525. The lowest BCUT2D eigenvalue weighted by molar-refractivity contribution is -0.384. The molecule has 0 saturated carbocycles. The predicted octanol–water partition coefficient (Wildman–Crippen LogP) is 2.81. The molecule has 1 amide bonds. The number of rotatable bonds is 7. The van der Waals surface area contributed by atoms with Crippen LogP contribution in [0.4, 0.5) is 17.1 Å². The van der Waals surface area contributed by atoms with Gasteiger partial charge in [0, 0.05) is 30.4 Å². The van der Waals surface area contributed by atoms with Crippen LogP contribution in [0, 0.1) is 10.1 Å². The van der Waals surface area contributed by atoms with E-state index in [9.17, 15) is 14.9 Å². The van der Waals surface area contributed by atoms with Gasteiger partial charge in [0.05, 0.1) is 24.4 Å². The summed E-state index contributed by atoms with van der Waals surface area (Å²) in [5, 5.41) is 18.0. The zero-order chi connectivity index (χ0) is 20.6. The summed E-state index contributed by atoms with van der Waals surface area (Å²) in [6.45, 7) is 3.85. The lowest BCUT2D eigenvalue weighted by Gasteiger charge is -2.28. The number of nitrogens with one attached hydrogen (secondary N) is 1. The number of hydrogen-bond donors (Lipinski definition) is 1. The minimum Gasteiger partial charge on any atom is -0.383 e. The second kappa shape index (κ2) is 9.65. The van der Waals surface area contributed by atoms with Gasteiger partial charge >= 0.3 is 0 Å². The summed E-state index contributed by atoms with van der Waals surface area (Å²) >= 11 is 0. The number of ether oxygens (including phenoxy) is 1. The quantitative estimate of drug-likeness (QED) is 0.437. The fourth-order valence-electron chi connectivity index (χ4n) is 2.83. The average molecular weight is 398 g/mol. The van der Waals surface area contributed by atoms with Crippen LogP contribution in [0.3, 0.4) is 0 Å². The van der Waals surface area contributed by atoms with E-state index < -0.39 is 11.0 Å². The van der Waals surface area contributed by atoms with Crippen LogP contribution in [-0.4, -0.2) is 49.5 Å². The van der Waals surface area contributed by atoms with Crippen LogP contribution in [0.5, 0.6) is 0 Å². The monoisotopic (exact) mass is 398 g/mol. The highest BCUT2D eigenvalue weighted by Gasteiger charge is 2.21. The first-order valence-corrected chi connectivity index (χ1v) is 9.21. The first-order valence-electron chi connectivity index (χ1n) is 9.21. The number of benzene rings is 2. The number of para-hydroxylation sites is 1. The largest absolute Gasteiger partial charge is 0.383 e. The summed E-state index contributed by atoms with van der Waals surface area (Å²) in [6, 6.07) is 13.9. The normalized spacial score (nSPS) is 15.1. The molecule has 0 aromatic heterocycles. The SMILES string of the molecule is C[C@H](O/N=C\c1ccc(N2CCOCC2)c([N+](=O)[O-])c1)C(=O)Nc1ccccc1. The van der Waals surface area contributed by atoms with E-state index in [2.05, 4.69) is 10.5 Å². The van der Waals surface area contributed by atoms with Crippen molar-refractivity contribution in [3.63, 3.8) is 0 Å². The number of amides is 1. The number of carbonyl (C=O) groups is 1. The zero-order valence-corrected chi connectivity index (χ0v) is 16.0. The Balaban J connectivity index is 1.63. The maximum atomic E-state index is 12.1. The third-order valence-electron chi connectivity index (χ3n) is 4.38. The van der Waals surface area contributed by atoms with Crippen molar-refractivity contribution in [1.29, 1.82) is 0 Å². The Kier molecular flexibility index (Phi) is 6.75. The van der Waals surface area contributed by atoms with Crippen molar-refractivity contribution in [2.24, 2.45) is 5.16 Å². The van der Waals surface area contributed by atoms with E-state index in [1.807, 2.05) is 23.1 Å². The van der Waals surface area contributed by atoms with Crippen LogP contribution in [0.25, 0.3) is 0 Å². The van der Waals surface area contributed by atoms with Crippen LogP contribution in [0.1, 0.15) is 12.5 Å². The summed E-state index contributed by atoms with van der Waals surface area (Å²) in [7, 11) is 0. The Morgan fingerprint density at radius 1 is 1.28 bits per heavy atom.